The molecule has 5 nitrogen and oxygen atoms in total. The second-order valence-electron chi connectivity index (χ2n) is 10.6. The van der Waals surface area contributed by atoms with Crippen molar-refractivity contribution in [3.8, 4) is 11.5 Å². The summed E-state index contributed by atoms with van der Waals surface area (Å²) in [5.41, 5.74) is 2.61. The lowest BCUT2D eigenvalue weighted by Crippen LogP contribution is -2.43. The third-order valence-electron chi connectivity index (χ3n) is 6.75. The van der Waals surface area contributed by atoms with E-state index in [2.05, 4.69) is 38.6 Å². The van der Waals surface area contributed by atoms with Gasteiger partial charge in [0, 0.05) is 11.6 Å². The number of hydrogen-bond acceptors (Lipinski definition) is 4. The first kappa shape index (κ1) is 27.0. The second-order valence-corrected chi connectivity index (χ2v) is 17.0. The first-order valence-electron chi connectivity index (χ1n) is 11.9. The van der Waals surface area contributed by atoms with Crippen molar-refractivity contribution in [2.45, 2.75) is 69.6 Å². The van der Waals surface area contributed by atoms with Crippen molar-refractivity contribution in [3.63, 3.8) is 0 Å². The Morgan fingerprint density at radius 2 is 1.60 bits per heavy atom. The molecule has 0 aliphatic heterocycles. The van der Waals surface area contributed by atoms with Gasteiger partial charge in [0.25, 0.3) is 0 Å². The average molecular weight is 512 g/mol. The molecule has 0 aliphatic carbocycles. The summed E-state index contributed by atoms with van der Waals surface area (Å²) in [6.07, 6.45) is 1.15. The van der Waals surface area contributed by atoms with Crippen LogP contribution in [-0.2, 0) is 16.4 Å². The number of benzene rings is 3. The Morgan fingerprint density at radius 1 is 0.971 bits per heavy atom. The van der Waals surface area contributed by atoms with E-state index in [9.17, 15) is 13.5 Å². The van der Waals surface area contributed by atoms with Crippen LogP contribution in [0.1, 0.15) is 49.9 Å². The van der Waals surface area contributed by atoms with E-state index in [0.29, 0.717) is 24.2 Å². The van der Waals surface area contributed by atoms with E-state index in [1.54, 1.807) is 36.4 Å². The molecule has 7 heteroatoms. The molecule has 0 saturated heterocycles. The van der Waals surface area contributed by atoms with Crippen LogP contribution in [0, 0.1) is 6.92 Å². The predicted molar refractivity (Wildman–Crippen MR) is 145 cm³/mol. The highest BCUT2D eigenvalue weighted by Crippen LogP contribution is 2.39. The Hall–Kier alpha value is -2.61. The maximum Gasteiger partial charge on any atom is 0.250 e. The zero-order chi connectivity index (χ0) is 25.9. The molecule has 0 bridgehead atoms. The van der Waals surface area contributed by atoms with Gasteiger partial charge in [-0.3, -0.25) is 0 Å². The fourth-order valence-electron chi connectivity index (χ4n) is 3.54. The molecule has 1 atom stereocenters. The van der Waals surface area contributed by atoms with Crippen LogP contribution in [0.3, 0.4) is 0 Å². The lowest BCUT2D eigenvalue weighted by Gasteiger charge is -2.36. The topological polar surface area (TPSA) is 75.6 Å². The fourth-order valence-corrected chi connectivity index (χ4v) is 5.81. The van der Waals surface area contributed by atoms with Crippen LogP contribution < -0.4 is 9.15 Å². The van der Waals surface area contributed by atoms with Crippen molar-refractivity contribution in [2.24, 2.45) is 0 Å². The predicted octanol–water partition coefficient (Wildman–Crippen LogP) is 6.74. The van der Waals surface area contributed by atoms with Gasteiger partial charge < -0.3 is 9.53 Å². The monoisotopic (exact) mass is 511 g/mol. The minimum Gasteiger partial charge on any atom is -0.543 e. The fraction of sp³-hybridized carbons (Fsp3) is 0.357. The van der Waals surface area contributed by atoms with Crippen LogP contribution in [0.25, 0.3) is 0 Å². The molecule has 2 N–H and O–H groups in total. The molecule has 0 aliphatic rings. The van der Waals surface area contributed by atoms with Gasteiger partial charge in [0.1, 0.15) is 11.5 Å². The molecule has 3 aromatic carbocycles. The minimum absolute atomic E-state index is 0.0170. The van der Waals surface area contributed by atoms with E-state index in [1.807, 2.05) is 43.3 Å². The SMILES string of the molecule is Cc1ccc(S(=O)(=O)N[C@H](CCc2ccccc2)c2ccc(O[Si](C)(C)C(C)(C)C)cc2O)cc1. The number of nitrogens with one attached hydrogen (secondary N) is 1. The van der Waals surface area contributed by atoms with Gasteiger partial charge in [-0.1, -0.05) is 74.9 Å². The summed E-state index contributed by atoms with van der Waals surface area (Å²) >= 11 is 0. The van der Waals surface area contributed by atoms with Crippen molar-refractivity contribution in [1.29, 1.82) is 0 Å². The van der Waals surface area contributed by atoms with E-state index in [-0.39, 0.29) is 15.7 Å². The normalized spacial score (nSPS) is 13.4. The lowest BCUT2D eigenvalue weighted by atomic mass is 9.99. The molecule has 0 amide bonds. The molecular weight excluding hydrogens is 474 g/mol. The zero-order valence-corrected chi connectivity index (χ0v) is 23.3. The average Bonchev–Trinajstić information content (AvgIpc) is 2.77. The van der Waals surface area contributed by atoms with Crippen molar-refractivity contribution < 1.29 is 18.0 Å². The van der Waals surface area contributed by atoms with Gasteiger partial charge in [-0.25, -0.2) is 13.1 Å². The quantitative estimate of drug-likeness (QED) is 0.312. The second kappa shape index (κ2) is 10.6. The van der Waals surface area contributed by atoms with Gasteiger partial charge in [-0.05, 0) is 61.7 Å². The molecule has 0 fully saturated rings. The highest BCUT2D eigenvalue weighted by Gasteiger charge is 2.39. The number of aryl methyl sites for hydroxylation is 2. The Morgan fingerprint density at radius 3 is 2.17 bits per heavy atom. The highest BCUT2D eigenvalue weighted by molar-refractivity contribution is 7.89. The summed E-state index contributed by atoms with van der Waals surface area (Å²) in [6, 6.07) is 21.2. The molecule has 3 rings (SSSR count). The van der Waals surface area contributed by atoms with Gasteiger partial charge >= 0.3 is 0 Å². The van der Waals surface area contributed by atoms with Crippen LogP contribution in [0.2, 0.25) is 18.1 Å². The molecule has 0 unspecified atom stereocenters. The lowest BCUT2D eigenvalue weighted by molar-refractivity contribution is 0.443. The summed E-state index contributed by atoms with van der Waals surface area (Å²) in [5, 5.41) is 11.0. The summed E-state index contributed by atoms with van der Waals surface area (Å²) in [4.78, 5) is 0.199. The number of sulfonamides is 1. The van der Waals surface area contributed by atoms with Crippen LogP contribution in [0.4, 0.5) is 0 Å². The molecular formula is C28H37NO4SSi. The van der Waals surface area contributed by atoms with Gasteiger partial charge in [0.15, 0.2) is 0 Å². The summed E-state index contributed by atoms with van der Waals surface area (Å²) in [6.45, 7) is 12.7. The van der Waals surface area contributed by atoms with Gasteiger partial charge in [-0.15, -0.1) is 0 Å². The number of phenolic OH excluding ortho intramolecular Hbond substituents is 1. The van der Waals surface area contributed by atoms with Crippen LogP contribution in [0.15, 0.2) is 77.7 Å². The third kappa shape index (κ3) is 6.96. The van der Waals surface area contributed by atoms with Crippen molar-refractivity contribution >= 4 is 18.3 Å². The molecule has 188 valence electrons. The Labute approximate surface area is 211 Å². The zero-order valence-electron chi connectivity index (χ0n) is 21.5. The van der Waals surface area contributed by atoms with Gasteiger partial charge in [-0.2, -0.15) is 0 Å². The van der Waals surface area contributed by atoms with E-state index in [0.717, 1.165) is 11.1 Å². The van der Waals surface area contributed by atoms with Crippen LogP contribution in [0.5, 0.6) is 11.5 Å². The van der Waals surface area contributed by atoms with Gasteiger partial charge in [0.05, 0.1) is 10.9 Å². The Bertz CT molecular complexity index is 1230. The first-order chi connectivity index (χ1) is 16.3. The summed E-state index contributed by atoms with van der Waals surface area (Å²) in [5.74, 6) is 0.618. The van der Waals surface area contributed by atoms with E-state index >= 15 is 0 Å². The highest BCUT2D eigenvalue weighted by atomic mass is 32.2. The van der Waals surface area contributed by atoms with Crippen LogP contribution in [-0.4, -0.2) is 21.8 Å². The molecule has 3 aromatic rings. The molecule has 0 radical (unpaired) electrons. The minimum atomic E-state index is -3.79. The maximum atomic E-state index is 13.2. The smallest absolute Gasteiger partial charge is 0.250 e. The number of rotatable bonds is 9. The molecule has 0 heterocycles. The molecule has 35 heavy (non-hydrogen) atoms. The Balaban J connectivity index is 1.91. The van der Waals surface area contributed by atoms with Crippen molar-refractivity contribution in [3.05, 3.63) is 89.5 Å². The van der Waals surface area contributed by atoms with E-state index in [4.69, 9.17) is 4.43 Å². The largest absolute Gasteiger partial charge is 0.543 e. The van der Waals surface area contributed by atoms with Crippen LogP contribution >= 0.6 is 0 Å². The Kier molecular flexibility index (Phi) is 8.14. The number of aromatic hydroxyl groups is 1. The molecule has 0 aromatic heterocycles. The molecule has 0 saturated carbocycles. The van der Waals surface area contributed by atoms with Gasteiger partial charge in [0.2, 0.25) is 18.3 Å². The summed E-state index contributed by atoms with van der Waals surface area (Å²) < 4.78 is 35.6. The third-order valence-corrected chi connectivity index (χ3v) is 12.6. The van der Waals surface area contributed by atoms with E-state index in [1.165, 1.54) is 0 Å². The molecule has 0 spiro atoms. The standard InChI is InChI=1S/C28H37NO4SSi/c1-21-12-16-24(17-13-21)34(31,32)29-26(19-14-22-10-8-7-9-11-22)25-18-15-23(20-27(25)30)33-35(5,6)28(2,3)4/h7-13,15-18,20,26,29-30H,14,19H2,1-6H3/t26-/m1/s1. The number of hydrogen-bond donors (Lipinski definition) is 2. The van der Waals surface area contributed by atoms with E-state index < -0.39 is 24.4 Å². The van der Waals surface area contributed by atoms with Crippen molar-refractivity contribution in [1.82, 2.24) is 4.72 Å². The first-order valence-corrected chi connectivity index (χ1v) is 16.3. The number of phenols is 1. The summed E-state index contributed by atoms with van der Waals surface area (Å²) in [7, 11) is -5.87. The van der Waals surface area contributed by atoms with Crippen molar-refractivity contribution in [2.75, 3.05) is 0 Å². The maximum absolute atomic E-state index is 13.2.